The number of likely N-dealkylation sites (N-methyl/N-ethyl adjacent to an activating group) is 1. The Balaban J connectivity index is 1.78. The fraction of sp³-hybridized carbons (Fsp3) is 0.300. The summed E-state index contributed by atoms with van der Waals surface area (Å²) in [6.07, 6.45) is 0. The molecule has 0 saturated carbocycles. The van der Waals surface area contributed by atoms with Gasteiger partial charge in [-0.2, -0.15) is 0 Å². The Labute approximate surface area is 153 Å². The standard InChI is InChI=1S/C20H24FN3O2/c1-14(2)15-4-8-17(9-5-15)22-19(25)12-24(3)13-20(26)23-18-10-6-16(21)7-11-18/h4-11,14H,12-13H2,1-3H3,(H,22,25)(H,23,26)/p+1. The molecule has 2 aromatic carbocycles. The molecule has 3 N–H and O–H groups in total. The molecule has 6 heteroatoms. The van der Waals surface area contributed by atoms with Crippen molar-refractivity contribution in [2.45, 2.75) is 19.8 Å². The predicted molar refractivity (Wildman–Crippen MR) is 101 cm³/mol. The average molecular weight is 358 g/mol. The van der Waals surface area contributed by atoms with Crippen LogP contribution < -0.4 is 15.5 Å². The summed E-state index contributed by atoms with van der Waals surface area (Å²) < 4.78 is 12.9. The van der Waals surface area contributed by atoms with Gasteiger partial charge in [0.2, 0.25) is 0 Å². The zero-order chi connectivity index (χ0) is 19.1. The highest BCUT2D eigenvalue weighted by Gasteiger charge is 2.14. The van der Waals surface area contributed by atoms with Gasteiger partial charge in [0.05, 0.1) is 7.05 Å². The van der Waals surface area contributed by atoms with Gasteiger partial charge in [0.1, 0.15) is 5.82 Å². The van der Waals surface area contributed by atoms with E-state index in [4.69, 9.17) is 0 Å². The largest absolute Gasteiger partial charge is 0.322 e. The number of hydrogen-bond acceptors (Lipinski definition) is 2. The number of halogens is 1. The van der Waals surface area contributed by atoms with Crippen molar-refractivity contribution in [3.05, 3.63) is 59.9 Å². The Morgan fingerprint density at radius 2 is 1.31 bits per heavy atom. The second kappa shape index (κ2) is 9.10. The first-order chi connectivity index (χ1) is 12.3. The molecular formula is C20H25FN3O2+. The highest BCUT2D eigenvalue weighted by atomic mass is 19.1. The molecule has 0 spiro atoms. The van der Waals surface area contributed by atoms with Crippen molar-refractivity contribution in [2.24, 2.45) is 0 Å². The normalized spacial score (nSPS) is 11.9. The number of benzene rings is 2. The highest BCUT2D eigenvalue weighted by Crippen LogP contribution is 2.16. The van der Waals surface area contributed by atoms with E-state index >= 15 is 0 Å². The molecule has 0 aliphatic rings. The third kappa shape index (κ3) is 6.29. The summed E-state index contributed by atoms with van der Waals surface area (Å²) in [5, 5.41) is 5.52. The minimum Gasteiger partial charge on any atom is -0.322 e. The number of rotatable bonds is 7. The predicted octanol–water partition coefficient (Wildman–Crippen LogP) is 2.04. The van der Waals surface area contributed by atoms with Gasteiger partial charge in [0, 0.05) is 11.4 Å². The van der Waals surface area contributed by atoms with Gasteiger partial charge in [-0.3, -0.25) is 9.59 Å². The van der Waals surface area contributed by atoms with Crippen LogP contribution in [0.15, 0.2) is 48.5 Å². The van der Waals surface area contributed by atoms with E-state index in [0.29, 0.717) is 11.6 Å². The molecule has 0 radical (unpaired) electrons. The molecule has 2 aromatic rings. The van der Waals surface area contributed by atoms with Gasteiger partial charge in [-0.15, -0.1) is 0 Å². The van der Waals surface area contributed by atoms with Crippen LogP contribution in [0.4, 0.5) is 15.8 Å². The van der Waals surface area contributed by atoms with Gasteiger partial charge < -0.3 is 15.5 Å². The topological polar surface area (TPSA) is 62.6 Å². The van der Waals surface area contributed by atoms with Crippen LogP contribution in [0.25, 0.3) is 0 Å². The van der Waals surface area contributed by atoms with Crippen LogP contribution in [0.1, 0.15) is 25.3 Å². The maximum atomic E-state index is 12.9. The molecule has 5 nitrogen and oxygen atoms in total. The molecule has 0 heterocycles. The third-order valence-electron chi connectivity index (χ3n) is 3.91. The Hall–Kier alpha value is -2.73. The summed E-state index contributed by atoms with van der Waals surface area (Å²) in [6, 6.07) is 13.3. The van der Waals surface area contributed by atoms with Gasteiger partial charge in [-0.05, 0) is 47.9 Å². The zero-order valence-electron chi connectivity index (χ0n) is 15.3. The zero-order valence-corrected chi connectivity index (χ0v) is 15.3. The first kappa shape index (κ1) is 19.6. The van der Waals surface area contributed by atoms with Crippen molar-refractivity contribution in [1.29, 1.82) is 0 Å². The van der Waals surface area contributed by atoms with Gasteiger partial charge in [-0.1, -0.05) is 26.0 Å². The molecule has 26 heavy (non-hydrogen) atoms. The van der Waals surface area contributed by atoms with Crippen molar-refractivity contribution < 1.29 is 18.9 Å². The van der Waals surface area contributed by atoms with E-state index in [9.17, 15) is 14.0 Å². The third-order valence-corrected chi connectivity index (χ3v) is 3.91. The lowest BCUT2D eigenvalue weighted by Crippen LogP contribution is -3.11. The lowest BCUT2D eigenvalue weighted by molar-refractivity contribution is -0.862. The summed E-state index contributed by atoms with van der Waals surface area (Å²) in [7, 11) is 1.77. The number of hydrogen-bond donors (Lipinski definition) is 3. The highest BCUT2D eigenvalue weighted by molar-refractivity contribution is 5.93. The summed E-state index contributed by atoms with van der Waals surface area (Å²) in [4.78, 5) is 24.9. The fourth-order valence-electron chi connectivity index (χ4n) is 2.51. The maximum Gasteiger partial charge on any atom is 0.279 e. The van der Waals surface area contributed by atoms with Gasteiger partial charge in [0.15, 0.2) is 13.1 Å². The van der Waals surface area contributed by atoms with E-state index in [1.165, 1.54) is 29.8 Å². The van der Waals surface area contributed by atoms with Crippen molar-refractivity contribution in [2.75, 3.05) is 30.8 Å². The Morgan fingerprint density at radius 3 is 1.73 bits per heavy atom. The number of anilines is 2. The quantitative estimate of drug-likeness (QED) is 0.709. The molecule has 0 aliphatic heterocycles. The molecule has 138 valence electrons. The minimum absolute atomic E-state index is 0.136. The lowest BCUT2D eigenvalue weighted by Gasteiger charge is -2.14. The van der Waals surface area contributed by atoms with Crippen LogP contribution in [0.3, 0.4) is 0 Å². The first-order valence-electron chi connectivity index (χ1n) is 8.60. The summed E-state index contributed by atoms with van der Waals surface area (Å²) >= 11 is 0. The van der Waals surface area contributed by atoms with Crippen molar-refractivity contribution in [3.8, 4) is 0 Å². The SMILES string of the molecule is CC(C)c1ccc(NC(=O)C[NH+](C)CC(=O)Nc2ccc(F)cc2)cc1. The van der Waals surface area contributed by atoms with Gasteiger partial charge in [-0.25, -0.2) is 4.39 Å². The molecular weight excluding hydrogens is 333 g/mol. The number of quaternary nitrogens is 1. The van der Waals surface area contributed by atoms with E-state index in [0.717, 1.165) is 10.6 Å². The van der Waals surface area contributed by atoms with Crippen LogP contribution >= 0.6 is 0 Å². The molecule has 1 unspecified atom stereocenters. The molecule has 0 fully saturated rings. The van der Waals surface area contributed by atoms with E-state index in [1.807, 2.05) is 24.3 Å². The molecule has 0 saturated heterocycles. The maximum absolute atomic E-state index is 12.9. The average Bonchev–Trinajstić information content (AvgIpc) is 2.57. The number of carbonyl (C=O) groups is 2. The first-order valence-corrected chi connectivity index (χ1v) is 8.60. The number of carbonyl (C=O) groups excluding carboxylic acids is 2. The number of amides is 2. The van der Waals surface area contributed by atoms with Gasteiger partial charge in [0.25, 0.3) is 11.8 Å². The van der Waals surface area contributed by atoms with Crippen LogP contribution in [-0.2, 0) is 9.59 Å². The monoisotopic (exact) mass is 358 g/mol. The second-order valence-electron chi connectivity index (χ2n) is 6.69. The summed E-state index contributed by atoms with van der Waals surface area (Å²) in [5.74, 6) is -0.309. The van der Waals surface area contributed by atoms with Crippen molar-refractivity contribution in [3.63, 3.8) is 0 Å². The van der Waals surface area contributed by atoms with Crippen molar-refractivity contribution >= 4 is 23.2 Å². The van der Waals surface area contributed by atoms with Crippen LogP contribution in [-0.4, -0.2) is 32.0 Å². The van der Waals surface area contributed by atoms with Crippen LogP contribution in [0, 0.1) is 5.82 Å². The Morgan fingerprint density at radius 1 is 0.885 bits per heavy atom. The number of nitrogens with one attached hydrogen (secondary N) is 3. The Bertz CT molecular complexity index is 743. The molecule has 2 rings (SSSR count). The molecule has 0 bridgehead atoms. The van der Waals surface area contributed by atoms with E-state index in [2.05, 4.69) is 24.5 Å². The smallest absolute Gasteiger partial charge is 0.279 e. The second-order valence-corrected chi connectivity index (χ2v) is 6.69. The van der Waals surface area contributed by atoms with E-state index in [1.54, 1.807) is 7.05 Å². The van der Waals surface area contributed by atoms with E-state index < -0.39 is 0 Å². The van der Waals surface area contributed by atoms with Gasteiger partial charge >= 0.3 is 0 Å². The van der Waals surface area contributed by atoms with Crippen LogP contribution in [0.2, 0.25) is 0 Å². The lowest BCUT2D eigenvalue weighted by atomic mass is 10.0. The fourth-order valence-corrected chi connectivity index (χ4v) is 2.51. The van der Waals surface area contributed by atoms with Crippen LogP contribution in [0.5, 0.6) is 0 Å². The molecule has 1 atom stereocenters. The Kier molecular flexibility index (Phi) is 6.86. The summed E-state index contributed by atoms with van der Waals surface area (Å²) in [5.41, 5.74) is 2.48. The van der Waals surface area contributed by atoms with Crippen molar-refractivity contribution in [1.82, 2.24) is 0 Å². The molecule has 0 aliphatic carbocycles. The summed E-state index contributed by atoms with van der Waals surface area (Å²) in [6.45, 7) is 4.53. The molecule has 2 amide bonds. The molecule has 0 aromatic heterocycles. The minimum atomic E-state index is -0.358. The van der Waals surface area contributed by atoms with E-state index in [-0.39, 0.29) is 30.7 Å².